The van der Waals surface area contributed by atoms with Crippen LogP contribution in [0.1, 0.15) is 290 Å². The minimum absolute atomic E-state index is 0.0958. The minimum Gasteiger partial charge on any atom is -0.462 e. The lowest BCUT2D eigenvalue weighted by Gasteiger charge is -2.18. The number of unbranched alkanes of at least 4 members (excludes halogenated alkanes) is 25. The maximum atomic E-state index is 12.9. The van der Waals surface area contributed by atoms with Gasteiger partial charge in [-0.15, -0.1) is 0 Å². The predicted molar refractivity (Wildman–Crippen MR) is 343 cm³/mol. The molecule has 0 aromatic rings. The van der Waals surface area contributed by atoms with E-state index in [-0.39, 0.29) is 31.1 Å². The molecular weight excluding hydrogens is 973 g/mol. The quantitative estimate of drug-likeness (QED) is 0.0261. The Bertz CT molecular complexity index is 1680. The first kappa shape index (κ1) is 74.5. The molecule has 79 heavy (non-hydrogen) atoms. The number of ether oxygens (including phenoxy) is 3. The Morgan fingerprint density at radius 2 is 0.494 bits per heavy atom. The van der Waals surface area contributed by atoms with Crippen LogP contribution in [-0.2, 0) is 28.6 Å². The maximum Gasteiger partial charge on any atom is 0.306 e. The molecule has 0 aliphatic heterocycles. The van der Waals surface area contributed by atoms with Gasteiger partial charge in [0.1, 0.15) is 13.2 Å². The zero-order valence-electron chi connectivity index (χ0n) is 51.3. The third-order valence-corrected chi connectivity index (χ3v) is 13.6. The van der Waals surface area contributed by atoms with E-state index in [0.717, 1.165) is 148 Å². The lowest BCUT2D eigenvalue weighted by molar-refractivity contribution is -0.167. The Labute approximate surface area is 487 Å². The molecule has 6 nitrogen and oxygen atoms in total. The fourth-order valence-electron chi connectivity index (χ4n) is 8.72. The van der Waals surface area contributed by atoms with Crippen molar-refractivity contribution in [3.8, 4) is 0 Å². The molecule has 0 rings (SSSR count). The largest absolute Gasteiger partial charge is 0.462 e. The molecule has 1 unspecified atom stereocenters. The smallest absolute Gasteiger partial charge is 0.306 e. The average molecular weight is 1090 g/mol. The summed E-state index contributed by atoms with van der Waals surface area (Å²) in [5.41, 5.74) is 0. The van der Waals surface area contributed by atoms with E-state index in [0.29, 0.717) is 19.3 Å². The monoisotopic (exact) mass is 1090 g/mol. The van der Waals surface area contributed by atoms with Gasteiger partial charge in [-0.1, -0.05) is 264 Å². The normalized spacial score (nSPS) is 13.0. The lowest BCUT2D eigenvalue weighted by atomic mass is 10.1. The molecule has 0 radical (unpaired) electrons. The molecule has 0 saturated carbocycles. The molecule has 0 bridgehead atoms. The average Bonchev–Trinajstić information content (AvgIpc) is 3.45. The molecule has 448 valence electrons. The Kier molecular flexibility index (Phi) is 62.3. The number of rotatable bonds is 58. The van der Waals surface area contributed by atoms with Crippen molar-refractivity contribution < 1.29 is 28.6 Å². The fourth-order valence-corrected chi connectivity index (χ4v) is 8.72. The molecule has 0 saturated heterocycles. The second-order valence-corrected chi connectivity index (χ2v) is 21.3. The van der Waals surface area contributed by atoms with Crippen LogP contribution in [0.4, 0.5) is 0 Å². The maximum absolute atomic E-state index is 12.9. The van der Waals surface area contributed by atoms with E-state index in [2.05, 4.69) is 154 Å². The summed E-state index contributed by atoms with van der Waals surface area (Å²) >= 11 is 0. The van der Waals surface area contributed by atoms with Gasteiger partial charge in [-0.05, 0) is 141 Å². The third-order valence-electron chi connectivity index (χ3n) is 13.6. The molecule has 0 heterocycles. The topological polar surface area (TPSA) is 78.9 Å². The summed E-state index contributed by atoms with van der Waals surface area (Å²) in [7, 11) is 0. The molecule has 1 atom stereocenters. The van der Waals surface area contributed by atoms with Crippen LogP contribution in [-0.4, -0.2) is 37.2 Å². The molecule has 0 aromatic heterocycles. The van der Waals surface area contributed by atoms with Crippen molar-refractivity contribution in [3.05, 3.63) is 134 Å². The zero-order chi connectivity index (χ0) is 57.1. The number of hydrogen-bond donors (Lipinski definition) is 0. The van der Waals surface area contributed by atoms with Crippen molar-refractivity contribution in [3.63, 3.8) is 0 Å². The molecular formula is C73H120O6. The molecule has 0 fully saturated rings. The molecule has 0 amide bonds. The zero-order valence-corrected chi connectivity index (χ0v) is 51.3. The van der Waals surface area contributed by atoms with Crippen LogP contribution >= 0.6 is 0 Å². The van der Waals surface area contributed by atoms with Gasteiger partial charge in [0.05, 0.1) is 0 Å². The van der Waals surface area contributed by atoms with E-state index >= 15 is 0 Å². The summed E-state index contributed by atoms with van der Waals surface area (Å²) < 4.78 is 16.9. The second kappa shape index (κ2) is 66.1. The van der Waals surface area contributed by atoms with Crippen LogP contribution < -0.4 is 0 Å². The standard InChI is InChI=1S/C73H120O6/c1-4-7-10-13-16-19-22-25-28-31-33-34-35-36-37-38-40-42-45-48-51-54-57-60-63-66-72(75)78-69-70(68-77-71(74)65-62-59-56-53-50-47-44-41-30-27-24-21-18-15-12-9-6-3)79-73(76)67-64-61-58-55-52-49-46-43-39-32-29-26-23-20-17-14-11-8-5-2/h7,10,16-21,25-30,33-34,36-37,39-40,42-43,70H,4-6,8-9,11-15,22-24,31-32,35,38,41,44-69H2,1-3H3/b10-7-,19-16-,20-17-,21-18-,28-25-,29-26-,30-27-,34-33-,37-36-,42-40-,43-39-. The Morgan fingerprint density at radius 3 is 0.772 bits per heavy atom. The number of allylic oxidation sites excluding steroid dienone is 22. The molecule has 0 aliphatic carbocycles. The van der Waals surface area contributed by atoms with Gasteiger partial charge in [-0.25, -0.2) is 0 Å². The molecule has 0 N–H and O–H groups in total. The third kappa shape index (κ3) is 64.3. The SMILES string of the molecule is CC/C=C\C/C=C\C/C=C\C/C=C\C/C=C\C/C=C\CCCCCCCCC(=O)OCC(COC(=O)CCCCCCCCC/C=C\C/C=C\CCCCC)OC(=O)CCCCCCCC/C=C\C/C=C\C/C=C\CCCCC. The number of carbonyl (C=O) groups excluding carboxylic acids is 3. The van der Waals surface area contributed by atoms with Crippen LogP contribution in [0.25, 0.3) is 0 Å². The van der Waals surface area contributed by atoms with Crippen molar-refractivity contribution in [2.24, 2.45) is 0 Å². The molecule has 0 spiro atoms. The van der Waals surface area contributed by atoms with Gasteiger partial charge in [-0.3, -0.25) is 14.4 Å². The first-order chi connectivity index (χ1) is 39.0. The van der Waals surface area contributed by atoms with Crippen LogP contribution in [0.2, 0.25) is 0 Å². The highest BCUT2D eigenvalue weighted by Gasteiger charge is 2.19. The van der Waals surface area contributed by atoms with Crippen LogP contribution in [0.15, 0.2) is 134 Å². The Hall–Kier alpha value is -4.45. The van der Waals surface area contributed by atoms with Gasteiger partial charge >= 0.3 is 17.9 Å². The lowest BCUT2D eigenvalue weighted by Crippen LogP contribution is -2.30. The van der Waals surface area contributed by atoms with Crippen molar-refractivity contribution in [2.75, 3.05) is 13.2 Å². The van der Waals surface area contributed by atoms with Crippen LogP contribution in [0.3, 0.4) is 0 Å². The summed E-state index contributed by atoms with van der Waals surface area (Å²) in [6.45, 7) is 6.46. The van der Waals surface area contributed by atoms with Crippen LogP contribution in [0.5, 0.6) is 0 Å². The fraction of sp³-hybridized carbons (Fsp3) is 0.658. The number of carbonyl (C=O) groups is 3. The van der Waals surface area contributed by atoms with Gasteiger partial charge < -0.3 is 14.2 Å². The van der Waals surface area contributed by atoms with Crippen molar-refractivity contribution in [1.29, 1.82) is 0 Å². The highest BCUT2D eigenvalue weighted by molar-refractivity contribution is 5.71. The molecule has 0 aliphatic rings. The number of hydrogen-bond acceptors (Lipinski definition) is 6. The molecule has 0 aromatic carbocycles. The highest BCUT2D eigenvalue weighted by Crippen LogP contribution is 2.15. The van der Waals surface area contributed by atoms with E-state index in [1.165, 1.54) is 103 Å². The summed E-state index contributed by atoms with van der Waals surface area (Å²) in [4.78, 5) is 38.4. The van der Waals surface area contributed by atoms with E-state index in [4.69, 9.17) is 14.2 Å². The Morgan fingerprint density at radius 1 is 0.266 bits per heavy atom. The van der Waals surface area contributed by atoms with Crippen molar-refractivity contribution in [2.45, 2.75) is 297 Å². The van der Waals surface area contributed by atoms with Gasteiger partial charge in [0.25, 0.3) is 0 Å². The summed E-state index contributed by atoms with van der Waals surface area (Å²) in [6, 6.07) is 0. The summed E-state index contributed by atoms with van der Waals surface area (Å²) in [5, 5.41) is 0. The molecule has 6 heteroatoms. The number of esters is 3. The first-order valence-electron chi connectivity index (χ1n) is 32.7. The highest BCUT2D eigenvalue weighted by atomic mass is 16.6. The predicted octanol–water partition coefficient (Wildman–Crippen LogP) is 22.5. The summed E-state index contributed by atoms with van der Waals surface area (Å²) in [5.74, 6) is -0.927. The summed E-state index contributed by atoms with van der Waals surface area (Å²) in [6.07, 6.45) is 93.0. The van der Waals surface area contributed by atoms with E-state index in [1.54, 1.807) is 0 Å². The Balaban J connectivity index is 4.46. The minimum atomic E-state index is -0.802. The van der Waals surface area contributed by atoms with Crippen molar-refractivity contribution in [1.82, 2.24) is 0 Å². The van der Waals surface area contributed by atoms with E-state index < -0.39 is 6.10 Å². The first-order valence-corrected chi connectivity index (χ1v) is 32.7. The van der Waals surface area contributed by atoms with E-state index in [1.807, 2.05) is 0 Å². The van der Waals surface area contributed by atoms with Gasteiger partial charge in [-0.2, -0.15) is 0 Å². The van der Waals surface area contributed by atoms with Crippen molar-refractivity contribution >= 4 is 17.9 Å². The van der Waals surface area contributed by atoms with Gasteiger partial charge in [0, 0.05) is 19.3 Å². The second-order valence-electron chi connectivity index (χ2n) is 21.3. The van der Waals surface area contributed by atoms with Gasteiger partial charge in [0.15, 0.2) is 6.10 Å². The van der Waals surface area contributed by atoms with Crippen LogP contribution in [0, 0.1) is 0 Å². The van der Waals surface area contributed by atoms with Gasteiger partial charge in [0.2, 0.25) is 0 Å². The van der Waals surface area contributed by atoms with E-state index in [9.17, 15) is 14.4 Å².